The molecule has 1 unspecified atom stereocenters. The molecule has 0 saturated carbocycles. The molecular formula is C16H20ClN3. The molecule has 2 aromatic rings. The Morgan fingerprint density at radius 3 is 2.60 bits per heavy atom. The third-order valence-corrected chi connectivity index (χ3v) is 3.78. The van der Waals surface area contributed by atoms with Crippen molar-refractivity contribution in [1.29, 1.82) is 0 Å². The van der Waals surface area contributed by atoms with E-state index in [1.54, 1.807) is 0 Å². The molecule has 0 amide bonds. The van der Waals surface area contributed by atoms with Crippen LogP contribution in [0.15, 0.2) is 42.6 Å². The molecule has 0 aliphatic heterocycles. The Kier molecular flexibility index (Phi) is 4.99. The van der Waals surface area contributed by atoms with Crippen LogP contribution >= 0.6 is 11.6 Å². The zero-order chi connectivity index (χ0) is 14.5. The first-order valence-corrected chi connectivity index (χ1v) is 7.06. The Morgan fingerprint density at radius 1 is 1.25 bits per heavy atom. The Bertz CT molecular complexity index is 554. The summed E-state index contributed by atoms with van der Waals surface area (Å²) in [6.45, 7) is 3.07. The molecule has 1 aromatic heterocycles. The maximum absolute atomic E-state index is 5.93. The van der Waals surface area contributed by atoms with E-state index in [1.807, 2.05) is 31.4 Å². The summed E-state index contributed by atoms with van der Waals surface area (Å²) >= 11 is 5.93. The molecule has 1 N–H and O–H groups in total. The predicted octanol–water partition coefficient (Wildman–Crippen LogP) is 3.97. The molecule has 4 heteroatoms. The van der Waals surface area contributed by atoms with Crippen LogP contribution in [-0.4, -0.2) is 24.0 Å². The second-order valence-corrected chi connectivity index (χ2v) is 5.38. The van der Waals surface area contributed by atoms with Gasteiger partial charge in [0.25, 0.3) is 0 Å². The highest BCUT2D eigenvalue weighted by atomic mass is 35.5. The van der Waals surface area contributed by atoms with Crippen molar-refractivity contribution in [2.24, 2.45) is 0 Å². The summed E-state index contributed by atoms with van der Waals surface area (Å²) in [7, 11) is 4.00. The quantitative estimate of drug-likeness (QED) is 0.903. The SMILES string of the molecule is CNc1cc(CN(C)C(C)c2ccc(Cl)cc2)ccn1. The molecule has 1 heterocycles. The van der Waals surface area contributed by atoms with E-state index in [4.69, 9.17) is 11.6 Å². The lowest BCUT2D eigenvalue weighted by Gasteiger charge is -2.25. The Labute approximate surface area is 125 Å². The number of nitrogens with one attached hydrogen (secondary N) is 1. The van der Waals surface area contributed by atoms with Crippen molar-refractivity contribution in [3.05, 3.63) is 58.7 Å². The van der Waals surface area contributed by atoms with Crippen molar-refractivity contribution < 1.29 is 0 Å². The van der Waals surface area contributed by atoms with Crippen LogP contribution in [0.25, 0.3) is 0 Å². The van der Waals surface area contributed by atoms with Crippen molar-refractivity contribution in [2.45, 2.75) is 19.5 Å². The van der Waals surface area contributed by atoms with Crippen molar-refractivity contribution in [3.8, 4) is 0 Å². The van der Waals surface area contributed by atoms with E-state index in [9.17, 15) is 0 Å². The fourth-order valence-corrected chi connectivity index (χ4v) is 2.26. The largest absolute Gasteiger partial charge is 0.373 e. The van der Waals surface area contributed by atoms with E-state index in [-0.39, 0.29) is 0 Å². The fraction of sp³-hybridized carbons (Fsp3) is 0.312. The van der Waals surface area contributed by atoms with Crippen LogP contribution < -0.4 is 5.32 Å². The van der Waals surface area contributed by atoms with E-state index in [2.05, 4.69) is 47.4 Å². The van der Waals surface area contributed by atoms with Crippen LogP contribution in [0, 0.1) is 0 Å². The summed E-state index contributed by atoms with van der Waals surface area (Å²) in [4.78, 5) is 6.54. The summed E-state index contributed by atoms with van der Waals surface area (Å²) in [5, 5.41) is 3.84. The highest BCUT2D eigenvalue weighted by Crippen LogP contribution is 2.22. The van der Waals surface area contributed by atoms with Gasteiger partial charge in [-0.25, -0.2) is 4.98 Å². The van der Waals surface area contributed by atoms with E-state index in [0.717, 1.165) is 17.4 Å². The molecule has 1 atom stereocenters. The molecule has 0 fully saturated rings. The predicted molar refractivity (Wildman–Crippen MR) is 85.1 cm³/mol. The minimum atomic E-state index is 0.332. The van der Waals surface area contributed by atoms with Gasteiger partial charge in [0.1, 0.15) is 5.82 Å². The second-order valence-electron chi connectivity index (χ2n) is 4.94. The molecule has 106 valence electrons. The first-order chi connectivity index (χ1) is 9.60. The first-order valence-electron chi connectivity index (χ1n) is 6.68. The van der Waals surface area contributed by atoms with Crippen LogP contribution in [0.2, 0.25) is 5.02 Å². The van der Waals surface area contributed by atoms with Gasteiger partial charge in [-0.1, -0.05) is 23.7 Å². The van der Waals surface area contributed by atoms with Crippen molar-refractivity contribution in [1.82, 2.24) is 9.88 Å². The molecule has 0 spiro atoms. The molecule has 0 radical (unpaired) electrons. The minimum absolute atomic E-state index is 0.332. The zero-order valence-corrected chi connectivity index (χ0v) is 12.9. The maximum Gasteiger partial charge on any atom is 0.125 e. The highest BCUT2D eigenvalue weighted by Gasteiger charge is 2.12. The number of halogens is 1. The van der Waals surface area contributed by atoms with E-state index < -0.39 is 0 Å². The van der Waals surface area contributed by atoms with E-state index >= 15 is 0 Å². The van der Waals surface area contributed by atoms with Gasteiger partial charge < -0.3 is 5.32 Å². The van der Waals surface area contributed by atoms with Gasteiger partial charge in [-0.3, -0.25) is 4.90 Å². The third kappa shape index (κ3) is 3.71. The molecule has 3 nitrogen and oxygen atoms in total. The Morgan fingerprint density at radius 2 is 1.95 bits per heavy atom. The Balaban J connectivity index is 2.06. The summed E-state index contributed by atoms with van der Waals surface area (Å²) in [5.41, 5.74) is 2.51. The monoisotopic (exact) mass is 289 g/mol. The van der Waals surface area contributed by atoms with Gasteiger partial charge in [0, 0.05) is 30.9 Å². The number of benzene rings is 1. The third-order valence-electron chi connectivity index (χ3n) is 3.53. The number of nitrogens with zero attached hydrogens (tertiary/aromatic N) is 2. The standard InChI is InChI=1S/C16H20ClN3/c1-12(14-4-6-15(17)7-5-14)20(3)11-13-8-9-19-16(10-13)18-2/h4-10,12H,11H2,1-3H3,(H,18,19). The number of aromatic nitrogens is 1. The van der Waals surface area contributed by atoms with Gasteiger partial charge in [-0.2, -0.15) is 0 Å². The van der Waals surface area contributed by atoms with Crippen LogP contribution in [0.5, 0.6) is 0 Å². The maximum atomic E-state index is 5.93. The summed E-state index contributed by atoms with van der Waals surface area (Å²) in [6, 6.07) is 12.5. The van der Waals surface area contributed by atoms with Gasteiger partial charge in [0.05, 0.1) is 0 Å². The van der Waals surface area contributed by atoms with Gasteiger partial charge in [-0.15, -0.1) is 0 Å². The normalized spacial score (nSPS) is 12.4. The summed E-state index contributed by atoms with van der Waals surface area (Å²) < 4.78 is 0. The number of hydrogen-bond donors (Lipinski definition) is 1. The topological polar surface area (TPSA) is 28.2 Å². The molecule has 2 rings (SSSR count). The van der Waals surface area contributed by atoms with Crippen molar-refractivity contribution in [2.75, 3.05) is 19.4 Å². The number of rotatable bonds is 5. The molecule has 1 aromatic carbocycles. The van der Waals surface area contributed by atoms with Gasteiger partial charge in [0.15, 0.2) is 0 Å². The number of hydrogen-bond acceptors (Lipinski definition) is 3. The molecule has 0 bridgehead atoms. The number of pyridine rings is 1. The first kappa shape index (κ1) is 14.8. The minimum Gasteiger partial charge on any atom is -0.373 e. The van der Waals surface area contributed by atoms with E-state index in [0.29, 0.717) is 6.04 Å². The fourth-order valence-electron chi connectivity index (χ4n) is 2.13. The summed E-state index contributed by atoms with van der Waals surface area (Å²) in [5.74, 6) is 0.898. The molecule has 0 aliphatic rings. The average Bonchev–Trinajstić information content (AvgIpc) is 2.47. The molecular weight excluding hydrogens is 270 g/mol. The van der Waals surface area contributed by atoms with Crippen LogP contribution in [0.1, 0.15) is 24.1 Å². The van der Waals surface area contributed by atoms with Gasteiger partial charge >= 0.3 is 0 Å². The lowest BCUT2D eigenvalue weighted by Crippen LogP contribution is -2.22. The molecule has 20 heavy (non-hydrogen) atoms. The lowest BCUT2D eigenvalue weighted by molar-refractivity contribution is 0.253. The number of anilines is 1. The average molecular weight is 290 g/mol. The second kappa shape index (κ2) is 6.73. The Hall–Kier alpha value is -1.58. The van der Waals surface area contributed by atoms with Crippen LogP contribution in [0.3, 0.4) is 0 Å². The van der Waals surface area contributed by atoms with E-state index in [1.165, 1.54) is 11.1 Å². The zero-order valence-electron chi connectivity index (χ0n) is 12.1. The smallest absolute Gasteiger partial charge is 0.125 e. The van der Waals surface area contributed by atoms with Crippen molar-refractivity contribution >= 4 is 17.4 Å². The molecule has 0 aliphatic carbocycles. The molecule has 0 saturated heterocycles. The van der Waals surface area contributed by atoms with Gasteiger partial charge in [0.2, 0.25) is 0 Å². The van der Waals surface area contributed by atoms with Crippen LogP contribution in [-0.2, 0) is 6.54 Å². The van der Waals surface area contributed by atoms with Crippen molar-refractivity contribution in [3.63, 3.8) is 0 Å². The summed E-state index contributed by atoms with van der Waals surface area (Å²) in [6.07, 6.45) is 1.84. The lowest BCUT2D eigenvalue weighted by atomic mass is 10.1. The van der Waals surface area contributed by atoms with Gasteiger partial charge in [-0.05, 0) is 49.4 Å². The van der Waals surface area contributed by atoms with Crippen LogP contribution in [0.4, 0.5) is 5.82 Å². The highest BCUT2D eigenvalue weighted by molar-refractivity contribution is 6.30.